The molecule has 112 valence electrons. The average molecular weight is 274 g/mol. The molecule has 0 atom stereocenters. The lowest BCUT2D eigenvalue weighted by Crippen LogP contribution is -2.46. The largest absolute Gasteiger partial charge is 0.385 e. The lowest BCUT2D eigenvalue weighted by atomic mass is 10.3. The van der Waals surface area contributed by atoms with Crippen LogP contribution >= 0.6 is 0 Å². The van der Waals surface area contributed by atoms with Crippen LogP contribution in [0, 0.1) is 0 Å². The Labute approximate surface area is 115 Å². The molecule has 0 aromatic carbocycles. The minimum atomic E-state index is 0.183. The molecule has 1 aliphatic rings. The number of amides is 1. The van der Waals surface area contributed by atoms with Gasteiger partial charge < -0.3 is 24.4 Å². The summed E-state index contributed by atoms with van der Waals surface area (Å²) in [4.78, 5) is 13.7. The third-order valence-electron chi connectivity index (χ3n) is 2.94. The van der Waals surface area contributed by atoms with Gasteiger partial charge >= 0.3 is 0 Å². The zero-order valence-electron chi connectivity index (χ0n) is 11.9. The van der Waals surface area contributed by atoms with E-state index in [1.807, 2.05) is 4.90 Å². The maximum atomic E-state index is 11.8. The predicted molar refractivity (Wildman–Crippen MR) is 72.2 cm³/mol. The summed E-state index contributed by atoms with van der Waals surface area (Å²) in [7, 11) is 1.68. The number of carbonyl (C=O) groups is 1. The number of carbonyl (C=O) groups excluding carboxylic acids is 1. The van der Waals surface area contributed by atoms with E-state index in [-0.39, 0.29) is 5.91 Å². The van der Waals surface area contributed by atoms with E-state index in [2.05, 4.69) is 5.32 Å². The first-order valence-corrected chi connectivity index (χ1v) is 6.97. The fraction of sp³-hybridized carbons (Fsp3) is 0.923. The van der Waals surface area contributed by atoms with Crippen LogP contribution in [0.4, 0.5) is 0 Å². The standard InChI is InChI=1S/C13H26N2O4/c1-17-8-2-9-18-11-12-19-10-3-13(16)15-6-4-14-5-7-15/h14H,2-12H2,1H3. The first-order chi connectivity index (χ1) is 9.34. The van der Waals surface area contributed by atoms with Gasteiger partial charge in [0, 0.05) is 46.5 Å². The van der Waals surface area contributed by atoms with Gasteiger partial charge in [0.2, 0.25) is 5.91 Å². The molecule has 0 saturated carbocycles. The van der Waals surface area contributed by atoms with Crippen LogP contribution in [0.15, 0.2) is 0 Å². The Morgan fingerprint density at radius 1 is 1.05 bits per heavy atom. The highest BCUT2D eigenvalue weighted by atomic mass is 16.5. The molecule has 0 bridgehead atoms. The Hall–Kier alpha value is -0.690. The minimum Gasteiger partial charge on any atom is -0.385 e. The number of rotatable bonds is 10. The average Bonchev–Trinajstić information content (AvgIpc) is 2.46. The smallest absolute Gasteiger partial charge is 0.224 e. The Morgan fingerprint density at radius 3 is 2.42 bits per heavy atom. The van der Waals surface area contributed by atoms with E-state index < -0.39 is 0 Å². The van der Waals surface area contributed by atoms with E-state index in [1.54, 1.807) is 7.11 Å². The van der Waals surface area contributed by atoms with Gasteiger partial charge in [-0.2, -0.15) is 0 Å². The summed E-state index contributed by atoms with van der Waals surface area (Å²) in [6.45, 7) is 6.40. The van der Waals surface area contributed by atoms with E-state index in [0.29, 0.717) is 32.8 Å². The van der Waals surface area contributed by atoms with Gasteiger partial charge in [0.05, 0.1) is 26.2 Å². The second-order valence-electron chi connectivity index (χ2n) is 4.45. The second-order valence-corrected chi connectivity index (χ2v) is 4.45. The maximum Gasteiger partial charge on any atom is 0.224 e. The fourth-order valence-corrected chi connectivity index (χ4v) is 1.86. The van der Waals surface area contributed by atoms with Crippen molar-refractivity contribution < 1.29 is 19.0 Å². The van der Waals surface area contributed by atoms with Crippen LogP contribution in [0.3, 0.4) is 0 Å². The molecule has 1 N–H and O–H groups in total. The third kappa shape index (κ3) is 8.15. The van der Waals surface area contributed by atoms with Gasteiger partial charge in [-0.3, -0.25) is 4.79 Å². The topological polar surface area (TPSA) is 60.0 Å². The normalized spacial score (nSPS) is 15.7. The van der Waals surface area contributed by atoms with Gasteiger partial charge in [0.1, 0.15) is 0 Å². The molecule has 0 spiro atoms. The fourth-order valence-electron chi connectivity index (χ4n) is 1.86. The molecule has 19 heavy (non-hydrogen) atoms. The molecule has 1 fully saturated rings. The van der Waals surface area contributed by atoms with E-state index in [0.717, 1.165) is 39.2 Å². The van der Waals surface area contributed by atoms with Crippen LogP contribution in [-0.4, -0.2) is 77.1 Å². The number of nitrogens with one attached hydrogen (secondary N) is 1. The summed E-state index contributed by atoms with van der Waals surface area (Å²) in [6.07, 6.45) is 1.36. The van der Waals surface area contributed by atoms with Crippen molar-refractivity contribution in [2.45, 2.75) is 12.8 Å². The van der Waals surface area contributed by atoms with E-state index in [1.165, 1.54) is 0 Å². The molecule has 0 aliphatic carbocycles. The van der Waals surface area contributed by atoms with Crippen molar-refractivity contribution in [3.8, 4) is 0 Å². The van der Waals surface area contributed by atoms with E-state index in [4.69, 9.17) is 14.2 Å². The first-order valence-electron chi connectivity index (χ1n) is 6.97. The maximum absolute atomic E-state index is 11.8. The van der Waals surface area contributed by atoms with Gasteiger partial charge in [-0.05, 0) is 6.42 Å². The molecule has 0 unspecified atom stereocenters. The predicted octanol–water partition coefficient (Wildman–Crippen LogP) is -0.122. The van der Waals surface area contributed by atoms with Gasteiger partial charge in [-0.1, -0.05) is 0 Å². The van der Waals surface area contributed by atoms with Crippen molar-refractivity contribution in [1.82, 2.24) is 10.2 Å². The van der Waals surface area contributed by atoms with Crippen LogP contribution in [-0.2, 0) is 19.0 Å². The number of hydrogen-bond donors (Lipinski definition) is 1. The van der Waals surface area contributed by atoms with Crippen LogP contribution in [0.2, 0.25) is 0 Å². The van der Waals surface area contributed by atoms with Crippen molar-refractivity contribution >= 4 is 5.91 Å². The first kappa shape index (κ1) is 16.4. The van der Waals surface area contributed by atoms with Crippen molar-refractivity contribution in [2.24, 2.45) is 0 Å². The number of hydrogen-bond acceptors (Lipinski definition) is 5. The van der Waals surface area contributed by atoms with Crippen LogP contribution in [0.25, 0.3) is 0 Å². The number of nitrogens with zero attached hydrogens (tertiary/aromatic N) is 1. The quantitative estimate of drug-likeness (QED) is 0.563. The van der Waals surface area contributed by atoms with E-state index in [9.17, 15) is 4.79 Å². The SMILES string of the molecule is COCCCOCCOCCC(=O)N1CCNCC1. The van der Waals surface area contributed by atoms with Gasteiger partial charge in [-0.25, -0.2) is 0 Å². The van der Waals surface area contributed by atoms with Crippen LogP contribution in [0.1, 0.15) is 12.8 Å². The zero-order chi connectivity index (χ0) is 13.8. The van der Waals surface area contributed by atoms with Crippen LogP contribution in [0.5, 0.6) is 0 Å². The third-order valence-corrected chi connectivity index (χ3v) is 2.94. The second kappa shape index (κ2) is 11.2. The lowest BCUT2D eigenvalue weighted by Gasteiger charge is -2.27. The van der Waals surface area contributed by atoms with Crippen molar-refractivity contribution in [2.75, 3.05) is 66.3 Å². The summed E-state index contributed by atoms with van der Waals surface area (Å²) in [6, 6.07) is 0. The molecule has 6 nitrogen and oxygen atoms in total. The van der Waals surface area contributed by atoms with Gasteiger partial charge in [-0.15, -0.1) is 0 Å². The molecule has 0 radical (unpaired) electrons. The molecular weight excluding hydrogens is 248 g/mol. The van der Waals surface area contributed by atoms with Crippen molar-refractivity contribution in [1.29, 1.82) is 0 Å². The molecular formula is C13H26N2O4. The summed E-state index contributed by atoms with van der Waals surface area (Å²) in [5.41, 5.74) is 0. The summed E-state index contributed by atoms with van der Waals surface area (Å²) in [5.74, 6) is 0.183. The highest BCUT2D eigenvalue weighted by molar-refractivity contribution is 5.76. The molecule has 6 heteroatoms. The Morgan fingerprint density at radius 2 is 1.74 bits per heavy atom. The zero-order valence-corrected chi connectivity index (χ0v) is 11.9. The molecule has 0 aromatic heterocycles. The summed E-state index contributed by atoms with van der Waals surface area (Å²) < 4.78 is 15.6. The van der Waals surface area contributed by atoms with Crippen molar-refractivity contribution in [3.63, 3.8) is 0 Å². The molecule has 1 heterocycles. The van der Waals surface area contributed by atoms with Gasteiger partial charge in [0.15, 0.2) is 0 Å². The Bertz CT molecular complexity index is 233. The summed E-state index contributed by atoms with van der Waals surface area (Å²) >= 11 is 0. The van der Waals surface area contributed by atoms with Crippen LogP contribution < -0.4 is 5.32 Å². The number of ether oxygens (including phenoxy) is 3. The summed E-state index contributed by atoms with van der Waals surface area (Å²) in [5, 5.41) is 3.22. The van der Waals surface area contributed by atoms with Crippen molar-refractivity contribution in [3.05, 3.63) is 0 Å². The Balaban J connectivity index is 1.86. The molecule has 1 saturated heterocycles. The Kier molecular flexibility index (Phi) is 9.61. The molecule has 0 aromatic rings. The van der Waals surface area contributed by atoms with Gasteiger partial charge in [0.25, 0.3) is 0 Å². The molecule has 1 rings (SSSR count). The lowest BCUT2D eigenvalue weighted by molar-refractivity contribution is -0.133. The van der Waals surface area contributed by atoms with E-state index >= 15 is 0 Å². The highest BCUT2D eigenvalue weighted by Crippen LogP contribution is 1.97. The molecule has 1 amide bonds. The number of piperazine rings is 1. The number of methoxy groups -OCH3 is 1. The highest BCUT2D eigenvalue weighted by Gasteiger charge is 2.15. The monoisotopic (exact) mass is 274 g/mol. The molecule has 1 aliphatic heterocycles. The minimum absolute atomic E-state index is 0.183.